The van der Waals surface area contributed by atoms with Crippen LogP contribution in [0.1, 0.15) is 0 Å². The first-order valence-corrected chi connectivity index (χ1v) is 0. The van der Waals surface area contributed by atoms with Gasteiger partial charge in [-0.3, -0.25) is 0 Å². The zero-order valence-electron chi connectivity index (χ0n) is 3.03. The molecule has 0 aromatic carbocycles. The van der Waals surface area contributed by atoms with E-state index in [1.165, 1.54) is 0 Å². The minimum atomic E-state index is 0. The molecule has 0 aromatic heterocycles. The summed E-state index contributed by atoms with van der Waals surface area (Å²) in [5.41, 5.74) is 0. The van der Waals surface area contributed by atoms with Crippen LogP contribution in [0.4, 0.5) is 0 Å². The van der Waals surface area contributed by atoms with Crippen LogP contribution in [-0.2, 0) is 41.9 Å². The molecule has 0 aliphatic heterocycles. The number of rotatable bonds is 0. The van der Waals surface area contributed by atoms with Gasteiger partial charge in [0, 0.05) is 116 Å². The maximum atomic E-state index is 0. The minimum absolute atomic E-state index is 0. The molecule has 6 heteroatoms. The van der Waals surface area contributed by atoms with Crippen LogP contribution in [0.25, 0.3) is 0 Å². The Morgan fingerprint density at radius 2 is 1.00 bits per heavy atom. The second kappa shape index (κ2) is 35.1. The topological polar surface area (TPSA) is 0 Å². The van der Waals surface area contributed by atoms with Crippen molar-refractivity contribution in [2.75, 3.05) is 0 Å². The summed E-state index contributed by atoms with van der Waals surface area (Å²) in [4.78, 5) is 0. The van der Waals surface area contributed by atoms with Crippen LogP contribution in [-0.4, -0.2) is 74.2 Å². The van der Waals surface area contributed by atoms with Gasteiger partial charge in [0.1, 0.15) is 0 Å². The average Bonchev–Trinajstić information content (AvgIpc) is 0. The Kier molecular flexibility index (Phi) is 286. The third kappa shape index (κ3) is 24.1. The van der Waals surface area contributed by atoms with Crippen LogP contribution >= 0.6 is 13.5 Å². The molecule has 0 rings (SSSR count). The molecule has 0 heterocycles. The molecule has 33 valence electrons. The summed E-state index contributed by atoms with van der Waals surface area (Å²) in [6, 6.07) is 0. The molecule has 0 aromatic rings. The Balaban J connectivity index is 0. The van der Waals surface area contributed by atoms with E-state index in [0.717, 1.165) is 0 Å². The van der Waals surface area contributed by atoms with Crippen molar-refractivity contribution in [1.82, 2.24) is 0 Å². The van der Waals surface area contributed by atoms with Crippen molar-refractivity contribution in [3.05, 3.63) is 0 Å². The first kappa shape index (κ1) is 48.9. The molecule has 0 unspecified atom stereocenters. The van der Waals surface area contributed by atoms with Crippen molar-refractivity contribution in [3.8, 4) is 0 Å². The molecule has 0 nitrogen and oxygen atoms in total. The summed E-state index contributed by atoms with van der Waals surface area (Å²) >= 11 is 0. The monoisotopic (exact) mass is 561 g/mol. The summed E-state index contributed by atoms with van der Waals surface area (Å²) in [6.45, 7) is 0. The molecular weight excluding hydrogens is 561 g/mol. The average molecular weight is 563 g/mol. The van der Waals surface area contributed by atoms with Crippen molar-refractivity contribution in [2.45, 2.75) is 0 Å². The fourth-order valence-electron chi connectivity index (χ4n) is 0. The predicted molar refractivity (Wildman–Crippen MR) is 27.6 cm³/mol. The molecular formula is H2AgInSSbSnZn. The van der Waals surface area contributed by atoms with E-state index in [0.29, 0.717) is 0 Å². The van der Waals surface area contributed by atoms with Crippen molar-refractivity contribution in [1.29, 1.82) is 0 Å². The molecule has 0 saturated heterocycles. The van der Waals surface area contributed by atoms with Crippen LogP contribution in [0.5, 0.6) is 0 Å². The first-order valence-electron chi connectivity index (χ1n) is 0. The second-order valence-corrected chi connectivity index (χ2v) is 0. The fourth-order valence-corrected chi connectivity index (χ4v) is 0. The van der Waals surface area contributed by atoms with E-state index in [4.69, 9.17) is 0 Å². The van der Waals surface area contributed by atoms with Gasteiger partial charge in [0.05, 0.1) is 0 Å². The van der Waals surface area contributed by atoms with Gasteiger partial charge in [-0.2, -0.15) is 13.5 Å². The van der Waals surface area contributed by atoms with Gasteiger partial charge in [-0.15, -0.1) is 0 Å². The minimum Gasteiger partial charge on any atom is -0.197 e. The Bertz CT molecular complexity index is 15.5. The third-order valence-electron chi connectivity index (χ3n) is 0. The predicted octanol–water partition coefficient (Wildman–Crippen LogP) is -1.03. The standard InChI is InChI=1S/Ag.In.H2S.Sb.Sn.Zn/h;;1H2;;;. The van der Waals surface area contributed by atoms with Crippen LogP contribution in [0.3, 0.4) is 0 Å². The summed E-state index contributed by atoms with van der Waals surface area (Å²) in [6.07, 6.45) is 0. The van der Waals surface area contributed by atoms with E-state index in [9.17, 15) is 0 Å². The van der Waals surface area contributed by atoms with Crippen LogP contribution < -0.4 is 0 Å². The molecule has 11 radical (unpaired) electrons. The zero-order chi connectivity index (χ0) is 0. The summed E-state index contributed by atoms with van der Waals surface area (Å²) < 4.78 is 0. The molecule has 0 aliphatic rings. The number of hydrogen-bond donors (Lipinski definition) is 0. The van der Waals surface area contributed by atoms with E-state index in [1.807, 2.05) is 0 Å². The van der Waals surface area contributed by atoms with Gasteiger partial charge in [0.25, 0.3) is 0 Å². The van der Waals surface area contributed by atoms with E-state index in [-0.39, 0.29) is 130 Å². The molecule has 0 bridgehead atoms. The number of hydrogen-bond acceptors (Lipinski definition) is 0. The Labute approximate surface area is 127 Å². The zero-order valence-corrected chi connectivity index (χ0v) is 17.2. The molecule has 0 saturated carbocycles. The van der Waals surface area contributed by atoms with Crippen LogP contribution in [0.2, 0.25) is 0 Å². The second-order valence-electron chi connectivity index (χ2n) is 0. The van der Waals surface area contributed by atoms with Gasteiger partial charge in [-0.05, 0) is 0 Å². The maximum Gasteiger partial charge on any atom is 0 e. The van der Waals surface area contributed by atoms with Gasteiger partial charge < -0.3 is 0 Å². The van der Waals surface area contributed by atoms with Gasteiger partial charge in [-0.1, -0.05) is 0 Å². The summed E-state index contributed by atoms with van der Waals surface area (Å²) in [5, 5.41) is 0. The quantitative estimate of drug-likeness (QED) is 0.332. The molecule has 0 amide bonds. The smallest absolute Gasteiger partial charge is 0 e. The Morgan fingerprint density at radius 3 is 1.00 bits per heavy atom. The van der Waals surface area contributed by atoms with E-state index < -0.39 is 0 Å². The van der Waals surface area contributed by atoms with Crippen molar-refractivity contribution >= 4 is 87.7 Å². The largest absolute Gasteiger partial charge is 0.197 e. The molecule has 6 heavy (non-hydrogen) atoms. The van der Waals surface area contributed by atoms with E-state index in [1.54, 1.807) is 0 Å². The maximum absolute atomic E-state index is 0. The summed E-state index contributed by atoms with van der Waals surface area (Å²) in [5.74, 6) is 0. The van der Waals surface area contributed by atoms with Gasteiger partial charge >= 0.3 is 0 Å². The van der Waals surface area contributed by atoms with Crippen LogP contribution in [0.15, 0.2) is 0 Å². The fraction of sp³-hybridized carbons (Fsp3) is 0. The molecule has 0 N–H and O–H groups in total. The van der Waals surface area contributed by atoms with Gasteiger partial charge in [0.15, 0.2) is 0 Å². The van der Waals surface area contributed by atoms with E-state index in [2.05, 4.69) is 0 Å². The van der Waals surface area contributed by atoms with E-state index >= 15 is 0 Å². The van der Waals surface area contributed by atoms with Crippen molar-refractivity contribution < 1.29 is 41.9 Å². The Hall–Kier alpha value is 4.20. The molecule has 0 aliphatic carbocycles. The SMILES string of the molecule is S.[Ag].[In].[Sb].[Sn].[Zn]. The van der Waals surface area contributed by atoms with Crippen LogP contribution in [0, 0.1) is 0 Å². The van der Waals surface area contributed by atoms with Gasteiger partial charge in [0.2, 0.25) is 0 Å². The van der Waals surface area contributed by atoms with Gasteiger partial charge in [-0.25, -0.2) is 0 Å². The molecule has 0 fully saturated rings. The summed E-state index contributed by atoms with van der Waals surface area (Å²) in [7, 11) is 0. The third-order valence-corrected chi connectivity index (χ3v) is 0. The Morgan fingerprint density at radius 1 is 1.00 bits per heavy atom. The van der Waals surface area contributed by atoms with Crippen molar-refractivity contribution in [2.24, 2.45) is 0 Å². The van der Waals surface area contributed by atoms with Crippen molar-refractivity contribution in [3.63, 3.8) is 0 Å². The molecule has 0 spiro atoms. The first-order chi connectivity index (χ1) is 0. The molecule has 0 atom stereocenters. The normalized spacial score (nSPS) is 0.